The topological polar surface area (TPSA) is 67.6 Å². The average molecular weight is 334 g/mol. The second-order valence-electron chi connectivity index (χ2n) is 5.03. The Balaban J connectivity index is 0.00000220. The zero-order chi connectivity index (χ0) is 14.5. The fourth-order valence-corrected chi connectivity index (χ4v) is 2.58. The quantitative estimate of drug-likeness (QED) is 0.885. The molecule has 1 aromatic carbocycles. The first-order valence-electron chi connectivity index (χ1n) is 6.70. The molecule has 0 saturated carbocycles. The van der Waals surface area contributed by atoms with Crippen LogP contribution in [0.1, 0.15) is 12.8 Å². The fourth-order valence-electron chi connectivity index (χ4n) is 2.41. The Bertz CT molecular complexity index is 485. The van der Waals surface area contributed by atoms with Crippen molar-refractivity contribution in [3.05, 3.63) is 23.2 Å². The normalized spacial score (nSPS) is 18.7. The summed E-state index contributed by atoms with van der Waals surface area (Å²) in [5.74, 6) is 0.512. The van der Waals surface area contributed by atoms with Crippen molar-refractivity contribution in [2.45, 2.75) is 18.9 Å². The van der Waals surface area contributed by atoms with E-state index in [4.69, 9.17) is 22.1 Å². The second-order valence-corrected chi connectivity index (χ2v) is 5.47. The van der Waals surface area contributed by atoms with E-state index in [1.54, 1.807) is 25.3 Å². The Morgan fingerprint density at radius 1 is 1.57 bits per heavy atom. The first kappa shape index (κ1) is 18.0. The highest BCUT2D eigenvalue weighted by atomic mass is 35.5. The van der Waals surface area contributed by atoms with Gasteiger partial charge < -0.3 is 15.8 Å². The Morgan fingerprint density at radius 2 is 2.33 bits per heavy atom. The van der Waals surface area contributed by atoms with Gasteiger partial charge in [-0.05, 0) is 37.6 Å². The van der Waals surface area contributed by atoms with Gasteiger partial charge in [0.1, 0.15) is 5.75 Å². The number of nitrogens with zero attached hydrogens (tertiary/aromatic N) is 1. The van der Waals surface area contributed by atoms with Gasteiger partial charge in [0.05, 0.1) is 19.3 Å². The lowest BCUT2D eigenvalue weighted by Crippen LogP contribution is -2.45. The smallest absolute Gasteiger partial charge is 0.238 e. The summed E-state index contributed by atoms with van der Waals surface area (Å²) in [7, 11) is 1.56. The van der Waals surface area contributed by atoms with E-state index in [1.807, 2.05) is 0 Å². The maximum Gasteiger partial charge on any atom is 0.238 e. The van der Waals surface area contributed by atoms with Gasteiger partial charge in [-0.3, -0.25) is 9.69 Å². The van der Waals surface area contributed by atoms with Gasteiger partial charge in [0.25, 0.3) is 0 Å². The number of hydrogen-bond acceptors (Lipinski definition) is 4. The lowest BCUT2D eigenvalue weighted by atomic mass is 10.1. The van der Waals surface area contributed by atoms with Crippen LogP contribution in [0.15, 0.2) is 18.2 Å². The molecule has 7 heteroatoms. The summed E-state index contributed by atoms with van der Waals surface area (Å²) in [4.78, 5) is 14.1. The van der Waals surface area contributed by atoms with Crippen molar-refractivity contribution in [2.75, 3.05) is 32.1 Å². The lowest BCUT2D eigenvalue weighted by Gasteiger charge is -2.30. The zero-order valence-corrected chi connectivity index (χ0v) is 13.5. The molecular weight excluding hydrogens is 313 g/mol. The van der Waals surface area contributed by atoms with Crippen LogP contribution in [0.25, 0.3) is 0 Å². The molecule has 1 amide bonds. The molecule has 1 aromatic rings. The Morgan fingerprint density at radius 3 is 3.00 bits per heavy atom. The summed E-state index contributed by atoms with van der Waals surface area (Å²) >= 11 is 5.93. The molecule has 1 fully saturated rings. The third-order valence-electron chi connectivity index (χ3n) is 3.34. The number of hydrogen-bond donors (Lipinski definition) is 2. The van der Waals surface area contributed by atoms with E-state index < -0.39 is 0 Å². The lowest BCUT2D eigenvalue weighted by molar-refractivity contribution is -0.117. The van der Waals surface area contributed by atoms with E-state index in [0.29, 0.717) is 23.0 Å². The highest BCUT2D eigenvalue weighted by Gasteiger charge is 2.19. The van der Waals surface area contributed by atoms with Gasteiger partial charge in [-0.25, -0.2) is 0 Å². The Kier molecular flexibility index (Phi) is 7.25. The summed E-state index contributed by atoms with van der Waals surface area (Å²) in [6.07, 6.45) is 2.06. The molecular formula is C14H21Cl2N3O2. The van der Waals surface area contributed by atoms with Crippen molar-refractivity contribution in [3.63, 3.8) is 0 Å². The number of likely N-dealkylation sites (tertiary alicyclic amines) is 1. The largest absolute Gasteiger partial charge is 0.495 e. The van der Waals surface area contributed by atoms with Gasteiger partial charge in [0.15, 0.2) is 0 Å². The third-order valence-corrected chi connectivity index (χ3v) is 3.58. The van der Waals surface area contributed by atoms with E-state index in [2.05, 4.69) is 10.2 Å². The molecule has 118 valence electrons. The van der Waals surface area contributed by atoms with Crippen LogP contribution in [0.3, 0.4) is 0 Å². The van der Waals surface area contributed by atoms with E-state index in [1.165, 1.54) is 0 Å². The number of benzene rings is 1. The standard InChI is InChI=1S/C14H20ClN3O2.ClH/c1-20-13-5-4-10(15)7-12(13)17-14(19)9-18-6-2-3-11(16)8-18;/h4-5,7,11H,2-3,6,8-9,16H2,1H3,(H,17,19);1H/t11-;/m1./s1. The number of piperidine rings is 1. The van der Waals surface area contributed by atoms with Crippen molar-refractivity contribution >= 4 is 35.6 Å². The number of anilines is 1. The molecule has 0 bridgehead atoms. The van der Waals surface area contributed by atoms with Gasteiger partial charge in [-0.15, -0.1) is 12.4 Å². The van der Waals surface area contributed by atoms with Gasteiger partial charge >= 0.3 is 0 Å². The molecule has 21 heavy (non-hydrogen) atoms. The van der Waals surface area contributed by atoms with Crippen LogP contribution in [0.4, 0.5) is 5.69 Å². The highest BCUT2D eigenvalue weighted by Crippen LogP contribution is 2.27. The summed E-state index contributed by atoms with van der Waals surface area (Å²) < 4.78 is 5.20. The summed E-state index contributed by atoms with van der Waals surface area (Å²) in [6.45, 7) is 2.01. The molecule has 0 spiro atoms. The van der Waals surface area contributed by atoms with E-state index >= 15 is 0 Å². The molecule has 5 nitrogen and oxygen atoms in total. The van der Waals surface area contributed by atoms with Crippen LogP contribution in [0, 0.1) is 0 Å². The molecule has 2 rings (SSSR count). The third kappa shape index (κ3) is 5.36. The van der Waals surface area contributed by atoms with Crippen LogP contribution in [0.2, 0.25) is 5.02 Å². The van der Waals surface area contributed by atoms with Crippen LogP contribution in [-0.4, -0.2) is 43.6 Å². The number of nitrogens with one attached hydrogen (secondary N) is 1. The first-order valence-corrected chi connectivity index (χ1v) is 7.07. The minimum Gasteiger partial charge on any atom is -0.495 e. The monoisotopic (exact) mass is 333 g/mol. The minimum atomic E-state index is -0.0836. The SMILES string of the molecule is COc1ccc(Cl)cc1NC(=O)CN1CCC[C@@H](N)C1.Cl. The van der Waals surface area contributed by atoms with Crippen molar-refractivity contribution in [1.82, 2.24) is 4.90 Å². The first-order chi connectivity index (χ1) is 9.58. The number of amides is 1. The van der Waals surface area contributed by atoms with Crippen LogP contribution >= 0.6 is 24.0 Å². The highest BCUT2D eigenvalue weighted by molar-refractivity contribution is 6.31. The molecule has 3 N–H and O–H groups in total. The Labute approximate surface area is 136 Å². The maximum atomic E-state index is 12.1. The second kappa shape index (κ2) is 8.44. The number of halogens is 2. The summed E-state index contributed by atoms with van der Waals surface area (Å²) in [5, 5.41) is 3.39. The predicted molar refractivity (Wildman–Crippen MR) is 87.5 cm³/mol. The van der Waals surface area contributed by atoms with Gasteiger partial charge in [-0.2, -0.15) is 0 Å². The van der Waals surface area contributed by atoms with Gasteiger partial charge in [-0.1, -0.05) is 11.6 Å². The molecule has 1 heterocycles. The average Bonchev–Trinajstić information content (AvgIpc) is 2.38. The van der Waals surface area contributed by atoms with E-state index in [0.717, 1.165) is 25.9 Å². The number of rotatable bonds is 4. The van der Waals surface area contributed by atoms with Crippen LogP contribution in [-0.2, 0) is 4.79 Å². The van der Waals surface area contributed by atoms with Gasteiger partial charge in [0.2, 0.25) is 5.91 Å². The van der Waals surface area contributed by atoms with Crippen molar-refractivity contribution in [3.8, 4) is 5.75 Å². The molecule has 1 atom stereocenters. The van der Waals surface area contributed by atoms with Crippen molar-refractivity contribution in [1.29, 1.82) is 0 Å². The predicted octanol–water partition coefficient (Wildman–Crippen LogP) is 2.13. The number of carbonyl (C=O) groups excluding carboxylic acids is 1. The van der Waals surface area contributed by atoms with E-state index in [-0.39, 0.29) is 24.4 Å². The molecule has 1 aliphatic heterocycles. The summed E-state index contributed by atoms with van der Waals surface area (Å²) in [6, 6.07) is 5.30. The molecule has 0 radical (unpaired) electrons. The Hall–Kier alpha value is -1.01. The maximum absolute atomic E-state index is 12.1. The molecule has 0 aliphatic carbocycles. The van der Waals surface area contributed by atoms with Crippen LogP contribution in [0.5, 0.6) is 5.75 Å². The number of ether oxygens (including phenoxy) is 1. The molecule has 0 aromatic heterocycles. The molecule has 1 aliphatic rings. The van der Waals surface area contributed by atoms with Crippen LogP contribution < -0.4 is 15.8 Å². The molecule has 1 saturated heterocycles. The van der Waals surface area contributed by atoms with Crippen molar-refractivity contribution < 1.29 is 9.53 Å². The van der Waals surface area contributed by atoms with Crippen molar-refractivity contribution in [2.24, 2.45) is 5.73 Å². The minimum absolute atomic E-state index is 0. The van der Waals surface area contributed by atoms with E-state index in [9.17, 15) is 4.79 Å². The summed E-state index contributed by atoms with van der Waals surface area (Å²) in [5.41, 5.74) is 6.50. The molecule has 0 unspecified atom stereocenters. The van der Waals surface area contributed by atoms with Gasteiger partial charge in [0, 0.05) is 17.6 Å². The zero-order valence-electron chi connectivity index (χ0n) is 12.0. The number of nitrogens with two attached hydrogens (primary N) is 1. The number of carbonyl (C=O) groups is 1. The number of methoxy groups -OCH3 is 1. The fraction of sp³-hybridized carbons (Fsp3) is 0.500.